The van der Waals surface area contributed by atoms with Crippen LogP contribution < -0.4 is 16.0 Å². The summed E-state index contributed by atoms with van der Waals surface area (Å²) in [5, 5.41) is 33.6. The Kier molecular flexibility index (Phi) is 9.53. The smallest absolute Gasteiger partial charge is 0.231 e. The van der Waals surface area contributed by atoms with Crippen molar-refractivity contribution >= 4 is 46.3 Å². The fourth-order valence-corrected chi connectivity index (χ4v) is 4.78. The van der Waals surface area contributed by atoms with E-state index in [0.717, 1.165) is 23.2 Å². The van der Waals surface area contributed by atoms with Gasteiger partial charge in [0.2, 0.25) is 16.9 Å². The van der Waals surface area contributed by atoms with Crippen LogP contribution in [0.25, 0.3) is 5.13 Å². The van der Waals surface area contributed by atoms with Crippen molar-refractivity contribution in [2.24, 2.45) is 10.2 Å². The number of azo groups is 1. The quantitative estimate of drug-likeness (QED) is 0.170. The first kappa shape index (κ1) is 29.5. The van der Waals surface area contributed by atoms with Crippen molar-refractivity contribution < 1.29 is 4.74 Å². The highest BCUT2D eigenvalue weighted by molar-refractivity contribution is 7.08. The minimum Gasteiger partial charge on any atom is -0.383 e. The summed E-state index contributed by atoms with van der Waals surface area (Å²) in [6.07, 6.45) is 2.42. The maximum atomic E-state index is 9.71. The predicted octanol–water partition coefficient (Wildman–Crippen LogP) is 6.05. The Morgan fingerprint density at radius 2 is 1.83 bits per heavy atom. The molecule has 0 saturated carbocycles. The second-order valence-electron chi connectivity index (χ2n) is 9.67. The summed E-state index contributed by atoms with van der Waals surface area (Å²) in [7, 11) is 1.64. The lowest BCUT2D eigenvalue weighted by Gasteiger charge is -2.19. The lowest BCUT2D eigenvalue weighted by molar-refractivity contribution is 0.190. The average molecular weight is 575 g/mol. The van der Waals surface area contributed by atoms with Crippen LogP contribution in [0, 0.1) is 39.0 Å². The second kappa shape index (κ2) is 13.2. The van der Waals surface area contributed by atoms with Gasteiger partial charge in [0.1, 0.15) is 17.5 Å². The maximum absolute atomic E-state index is 9.71. The van der Waals surface area contributed by atoms with E-state index in [-0.39, 0.29) is 17.4 Å². The minimum absolute atomic E-state index is 0.0897. The van der Waals surface area contributed by atoms with E-state index >= 15 is 0 Å². The summed E-state index contributed by atoms with van der Waals surface area (Å²) in [4.78, 5) is 13.9. The zero-order chi connectivity index (χ0) is 29.5. The Labute approximate surface area is 243 Å². The van der Waals surface area contributed by atoms with Crippen LogP contribution in [0.4, 0.5) is 34.8 Å². The van der Waals surface area contributed by atoms with Crippen LogP contribution in [0.1, 0.15) is 48.3 Å². The van der Waals surface area contributed by atoms with Gasteiger partial charge in [0, 0.05) is 36.9 Å². The van der Waals surface area contributed by atoms with E-state index < -0.39 is 0 Å². The van der Waals surface area contributed by atoms with Gasteiger partial charge in [-0.15, -0.1) is 15.3 Å². The van der Waals surface area contributed by atoms with Gasteiger partial charge >= 0.3 is 0 Å². The Hall–Kier alpha value is -4.48. The highest BCUT2D eigenvalue weighted by Crippen LogP contribution is 2.36. The number of anilines is 4. The molecule has 1 unspecified atom stereocenters. The maximum Gasteiger partial charge on any atom is 0.231 e. The summed E-state index contributed by atoms with van der Waals surface area (Å²) >= 11 is 1.18. The molecule has 41 heavy (non-hydrogen) atoms. The van der Waals surface area contributed by atoms with Crippen molar-refractivity contribution in [1.82, 2.24) is 29.1 Å². The van der Waals surface area contributed by atoms with Crippen molar-refractivity contribution in [2.45, 2.75) is 54.0 Å². The molecular weight excluding hydrogens is 540 g/mol. The molecule has 0 amide bonds. The summed E-state index contributed by atoms with van der Waals surface area (Å²) in [5.74, 6) is 2.11. The Bertz CT molecular complexity index is 1560. The first-order chi connectivity index (χ1) is 19.7. The van der Waals surface area contributed by atoms with E-state index in [1.807, 2.05) is 6.92 Å². The molecule has 3 heterocycles. The van der Waals surface area contributed by atoms with E-state index in [1.54, 1.807) is 20.2 Å². The van der Waals surface area contributed by atoms with Crippen LogP contribution >= 0.6 is 11.5 Å². The van der Waals surface area contributed by atoms with Gasteiger partial charge in [0.05, 0.1) is 12.8 Å². The molecule has 0 saturated heterocycles. The molecule has 13 nitrogen and oxygen atoms in total. The molecule has 0 radical (unpaired) electrons. The molecule has 1 aromatic carbocycles. The van der Waals surface area contributed by atoms with Crippen molar-refractivity contribution in [3.8, 4) is 11.2 Å². The first-order valence-electron chi connectivity index (χ1n) is 13.2. The molecule has 1 atom stereocenters. The lowest BCUT2D eigenvalue weighted by atomic mass is 10.1. The SMILES string of the molecule is CCCNc1nc(Nc2c(C)cc(C)cc2C)nc(NC(C)COC)c1/N=N\c1nn(-c2nc(C)ns2)cc1C#N. The number of benzene rings is 1. The van der Waals surface area contributed by atoms with E-state index in [4.69, 9.17) is 14.7 Å². The molecule has 0 aliphatic carbocycles. The fraction of sp³-hybridized carbons (Fsp3) is 0.407. The molecule has 0 aliphatic rings. The monoisotopic (exact) mass is 574 g/mol. The third-order valence-electron chi connectivity index (χ3n) is 5.91. The summed E-state index contributed by atoms with van der Waals surface area (Å²) in [6, 6.07) is 6.26. The largest absolute Gasteiger partial charge is 0.383 e. The summed E-state index contributed by atoms with van der Waals surface area (Å²) in [5.41, 5.74) is 4.93. The van der Waals surface area contributed by atoms with Crippen LogP contribution in [-0.2, 0) is 4.74 Å². The van der Waals surface area contributed by atoms with Gasteiger partial charge < -0.3 is 20.7 Å². The third-order valence-corrected chi connectivity index (χ3v) is 6.71. The zero-order valence-corrected chi connectivity index (χ0v) is 25.1. The van der Waals surface area contributed by atoms with Crippen molar-refractivity contribution in [2.75, 3.05) is 36.2 Å². The highest BCUT2D eigenvalue weighted by atomic mass is 32.1. The molecule has 4 aromatic rings. The fourth-order valence-electron chi connectivity index (χ4n) is 4.18. The number of rotatable bonds is 12. The van der Waals surface area contributed by atoms with E-state index in [9.17, 15) is 5.26 Å². The molecule has 214 valence electrons. The Balaban J connectivity index is 1.79. The van der Waals surface area contributed by atoms with E-state index in [2.05, 4.69) is 86.5 Å². The normalized spacial score (nSPS) is 12.0. The van der Waals surface area contributed by atoms with Gasteiger partial charge in [-0.1, -0.05) is 24.6 Å². The third kappa shape index (κ3) is 7.19. The molecular formula is C27H34N12OS. The number of aryl methyl sites for hydroxylation is 4. The summed E-state index contributed by atoms with van der Waals surface area (Å²) < 4.78 is 11.0. The van der Waals surface area contributed by atoms with Crippen LogP contribution in [0.15, 0.2) is 28.6 Å². The van der Waals surface area contributed by atoms with Crippen LogP contribution in [0.5, 0.6) is 0 Å². The predicted molar refractivity (Wildman–Crippen MR) is 160 cm³/mol. The van der Waals surface area contributed by atoms with Crippen LogP contribution in [0.3, 0.4) is 0 Å². The van der Waals surface area contributed by atoms with Crippen LogP contribution in [0.2, 0.25) is 0 Å². The molecule has 3 N–H and O–H groups in total. The molecule has 4 rings (SSSR count). The van der Waals surface area contributed by atoms with Gasteiger partial charge in [-0.05, 0) is 52.2 Å². The highest BCUT2D eigenvalue weighted by Gasteiger charge is 2.19. The molecule has 0 fully saturated rings. The second-order valence-corrected chi connectivity index (χ2v) is 10.4. The van der Waals surface area contributed by atoms with Crippen LogP contribution in [-0.4, -0.2) is 55.4 Å². The van der Waals surface area contributed by atoms with Crippen molar-refractivity contribution in [3.05, 3.63) is 46.4 Å². The number of nitriles is 1. The molecule has 3 aromatic heterocycles. The standard InChI is InChI=1S/C27H34N12OS/c1-8-9-29-24-22(35-36-23-20(12-28)13-39(37-23)27-31-19(6)38-41-27)25(30-18(5)14-40-7)34-26(33-24)32-21-16(3)10-15(2)11-17(21)4/h10-11,13,18H,8-9,14H2,1-7H3,(H3,29,30,32,33,34)/b36-35-. The van der Waals surface area contributed by atoms with Crippen molar-refractivity contribution in [3.63, 3.8) is 0 Å². The van der Waals surface area contributed by atoms with Gasteiger partial charge in [-0.2, -0.15) is 19.6 Å². The molecule has 0 spiro atoms. The minimum atomic E-state index is -0.0897. The molecule has 14 heteroatoms. The zero-order valence-electron chi connectivity index (χ0n) is 24.3. The summed E-state index contributed by atoms with van der Waals surface area (Å²) in [6.45, 7) is 13.1. The Morgan fingerprint density at radius 1 is 1.10 bits per heavy atom. The number of nitrogens with zero attached hydrogens (tertiary/aromatic N) is 9. The Morgan fingerprint density at radius 3 is 2.46 bits per heavy atom. The number of ether oxygens (including phenoxy) is 1. The molecule has 0 bridgehead atoms. The van der Waals surface area contributed by atoms with Gasteiger partial charge in [0.15, 0.2) is 17.3 Å². The number of hydrogen-bond acceptors (Lipinski definition) is 13. The van der Waals surface area contributed by atoms with Gasteiger partial charge in [-0.25, -0.2) is 9.67 Å². The van der Waals surface area contributed by atoms with Gasteiger partial charge in [-0.3, -0.25) is 0 Å². The first-order valence-corrected chi connectivity index (χ1v) is 14.0. The molecule has 0 aliphatic heterocycles. The number of nitrogens with one attached hydrogen (secondary N) is 3. The topological polar surface area (TPSA) is 163 Å². The van der Waals surface area contributed by atoms with E-state index in [0.29, 0.717) is 47.4 Å². The van der Waals surface area contributed by atoms with Gasteiger partial charge in [0.25, 0.3) is 0 Å². The number of aromatic nitrogens is 6. The number of methoxy groups -OCH3 is 1. The van der Waals surface area contributed by atoms with E-state index in [1.165, 1.54) is 21.8 Å². The average Bonchev–Trinajstić information content (AvgIpc) is 3.54. The number of hydrogen-bond donors (Lipinski definition) is 3. The van der Waals surface area contributed by atoms with Crippen molar-refractivity contribution in [1.29, 1.82) is 5.26 Å². The lowest BCUT2D eigenvalue weighted by Crippen LogP contribution is -2.22.